The van der Waals surface area contributed by atoms with Gasteiger partial charge in [0.2, 0.25) is 0 Å². The second kappa shape index (κ2) is 8.43. The Morgan fingerprint density at radius 1 is 1.26 bits per heavy atom. The van der Waals surface area contributed by atoms with Crippen LogP contribution in [0, 0.1) is 16.7 Å². The summed E-state index contributed by atoms with van der Waals surface area (Å²) < 4.78 is 6.07. The van der Waals surface area contributed by atoms with E-state index in [-0.39, 0.29) is 17.7 Å². The van der Waals surface area contributed by atoms with Gasteiger partial charge in [0.15, 0.2) is 5.78 Å². The van der Waals surface area contributed by atoms with E-state index in [0.29, 0.717) is 55.7 Å². The van der Waals surface area contributed by atoms with Gasteiger partial charge >= 0.3 is 0 Å². The van der Waals surface area contributed by atoms with Crippen LogP contribution in [0.15, 0.2) is 24.3 Å². The SMILES string of the molecule is CC(C)(C)c1cc(C(=O)CN2Cc3ccc(C4CC4)nc3C2=N)cc2c1OCCN2CCC#N. The second-order valence-corrected chi connectivity index (χ2v) is 10.5. The van der Waals surface area contributed by atoms with Crippen molar-refractivity contribution < 1.29 is 9.53 Å². The highest BCUT2D eigenvalue weighted by atomic mass is 16.5. The van der Waals surface area contributed by atoms with Gasteiger partial charge in [-0.1, -0.05) is 26.8 Å². The number of Topliss-reactive ketones (excluding diaryl/α,β-unsaturated/α-hetero) is 1. The van der Waals surface area contributed by atoms with Crippen LogP contribution in [-0.2, 0) is 12.0 Å². The number of ether oxygens (including phenoxy) is 1. The van der Waals surface area contributed by atoms with E-state index in [4.69, 9.17) is 20.4 Å². The molecule has 5 rings (SSSR count). The number of hydrogen-bond donors (Lipinski definition) is 1. The molecule has 176 valence electrons. The van der Waals surface area contributed by atoms with Gasteiger partial charge in [0.05, 0.1) is 31.3 Å². The van der Waals surface area contributed by atoms with Crippen LogP contribution in [0.1, 0.15) is 78.8 Å². The number of fused-ring (bicyclic) bond motifs is 2. The number of anilines is 1. The van der Waals surface area contributed by atoms with Crippen LogP contribution in [-0.4, -0.2) is 47.7 Å². The summed E-state index contributed by atoms with van der Waals surface area (Å²) in [5.41, 5.74) is 5.08. The molecule has 1 N–H and O–H groups in total. The molecule has 1 fully saturated rings. The minimum atomic E-state index is -0.210. The minimum absolute atomic E-state index is 0.0286. The summed E-state index contributed by atoms with van der Waals surface area (Å²) in [5.74, 6) is 1.65. The highest BCUT2D eigenvalue weighted by Gasteiger charge is 2.33. The molecule has 0 radical (unpaired) electrons. The number of benzene rings is 1. The number of nitriles is 1. The Morgan fingerprint density at radius 3 is 2.76 bits per heavy atom. The Morgan fingerprint density at radius 2 is 2.06 bits per heavy atom. The molecule has 1 saturated carbocycles. The van der Waals surface area contributed by atoms with Gasteiger partial charge in [-0.2, -0.15) is 5.26 Å². The van der Waals surface area contributed by atoms with E-state index in [9.17, 15) is 4.79 Å². The summed E-state index contributed by atoms with van der Waals surface area (Å²) in [5, 5.41) is 17.7. The topological polar surface area (TPSA) is 93.3 Å². The van der Waals surface area contributed by atoms with E-state index < -0.39 is 0 Å². The number of carbonyl (C=O) groups is 1. The molecule has 3 aliphatic rings. The Bertz CT molecular complexity index is 1200. The molecule has 3 heterocycles. The number of ketones is 1. The van der Waals surface area contributed by atoms with Crippen molar-refractivity contribution in [3.05, 3.63) is 52.3 Å². The number of carbonyl (C=O) groups excluding carboxylic acids is 1. The van der Waals surface area contributed by atoms with Crippen molar-refractivity contribution in [3.63, 3.8) is 0 Å². The Hall–Kier alpha value is -3.40. The second-order valence-electron chi connectivity index (χ2n) is 10.5. The fourth-order valence-electron chi connectivity index (χ4n) is 4.79. The number of aromatic nitrogens is 1. The highest BCUT2D eigenvalue weighted by molar-refractivity contribution is 6.05. The van der Waals surface area contributed by atoms with Crippen LogP contribution < -0.4 is 9.64 Å². The number of nitrogens with one attached hydrogen (secondary N) is 1. The predicted molar refractivity (Wildman–Crippen MR) is 131 cm³/mol. The maximum Gasteiger partial charge on any atom is 0.182 e. The number of hydrogen-bond acceptors (Lipinski definition) is 6. The van der Waals surface area contributed by atoms with Crippen molar-refractivity contribution in [1.82, 2.24) is 9.88 Å². The zero-order valence-electron chi connectivity index (χ0n) is 20.1. The lowest BCUT2D eigenvalue weighted by atomic mass is 9.84. The van der Waals surface area contributed by atoms with E-state index in [2.05, 4.69) is 43.9 Å². The van der Waals surface area contributed by atoms with Crippen LogP contribution in [0.3, 0.4) is 0 Å². The first-order valence-electron chi connectivity index (χ1n) is 12.1. The number of pyridine rings is 1. The Labute approximate surface area is 200 Å². The van der Waals surface area contributed by atoms with Gasteiger partial charge < -0.3 is 14.5 Å². The largest absolute Gasteiger partial charge is 0.489 e. The maximum absolute atomic E-state index is 13.5. The van der Waals surface area contributed by atoms with Crippen LogP contribution in [0.4, 0.5) is 5.69 Å². The molecule has 0 unspecified atom stereocenters. The Balaban J connectivity index is 1.42. The smallest absolute Gasteiger partial charge is 0.182 e. The molecule has 0 amide bonds. The monoisotopic (exact) mass is 457 g/mol. The quantitative estimate of drug-likeness (QED) is 0.647. The number of nitrogens with zero attached hydrogens (tertiary/aromatic N) is 4. The van der Waals surface area contributed by atoms with Crippen LogP contribution >= 0.6 is 0 Å². The lowest BCUT2D eigenvalue weighted by Crippen LogP contribution is -2.35. The summed E-state index contributed by atoms with van der Waals surface area (Å²) in [7, 11) is 0. The fourth-order valence-corrected chi connectivity index (χ4v) is 4.79. The van der Waals surface area contributed by atoms with Gasteiger partial charge in [-0.3, -0.25) is 10.2 Å². The molecule has 7 heteroatoms. The first-order valence-corrected chi connectivity index (χ1v) is 12.1. The summed E-state index contributed by atoms with van der Waals surface area (Å²) in [6.07, 6.45) is 2.76. The molecule has 0 bridgehead atoms. The third kappa shape index (κ3) is 4.13. The summed E-state index contributed by atoms with van der Waals surface area (Å²) >= 11 is 0. The molecule has 2 aliphatic heterocycles. The molecular weight excluding hydrogens is 426 g/mol. The van der Waals surface area contributed by atoms with Gasteiger partial charge in [-0.05, 0) is 36.5 Å². The van der Waals surface area contributed by atoms with Gasteiger partial charge in [-0.15, -0.1) is 0 Å². The molecule has 1 aromatic heterocycles. The van der Waals surface area contributed by atoms with Gasteiger partial charge in [-0.25, -0.2) is 4.98 Å². The van der Waals surface area contributed by atoms with E-state index in [1.807, 2.05) is 17.0 Å². The molecule has 2 aromatic rings. The van der Waals surface area contributed by atoms with E-state index in [0.717, 1.165) is 28.3 Å². The minimum Gasteiger partial charge on any atom is -0.489 e. The standard InChI is InChI=1S/C27H31N5O2/c1-27(2,3)20-13-19(14-22-25(20)34-12-11-31(22)10-4-9-28)23(33)16-32-15-18-7-8-21(17-5-6-17)30-24(18)26(32)29/h7-8,13-14,17,29H,4-6,10-12,15-16H2,1-3H3. The molecule has 7 nitrogen and oxygen atoms in total. The van der Waals surface area contributed by atoms with Crippen molar-refractivity contribution in [3.8, 4) is 11.8 Å². The molecule has 0 saturated heterocycles. The summed E-state index contributed by atoms with van der Waals surface area (Å²) in [4.78, 5) is 22.2. The highest BCUT2D eigenvalue weighted by Crippen LogP contribution is 2.42. The third-order valence-electron chi connectivity index (χ3n) is 6.87. The molecule has 0 atom stereocenters. The van der Waals surface area contributed by atoms with Gasteiger partial charge in [0.1, 0.15) is 23.9 Å². The normalized spacial score (nSPS) is 17.2. The van der Waals surface area contributed by atoms with E-state index in [1.54, 1.807) is 0 Å². The van der Waals surface area contributed by atoms with E-state index in [1.165, 1.54) is 12.8 Å². The summed E-state index contributed by atoms with van der Waals surface area (Å²) in [6.45, 7) is 8.88. The molecule has 1 aromatic carbocycles. The number of rotatable bonds is 6. The van der Waals surface area contributed by atoms with Crippen molar-refractivity contribution in [2.75, 3.05) is 31.1 Å². The lowest BCUT2D eigenvalue weighted by Gasteiger charge is -2.35. The van der Waals surface area contributed by atoms with Gasteiger partial charge in [0.25, 0.3) is 0 Å². The van der Waals surface area contributed by atoms with Crippen LogP contribution in [0.5, 0.6) is 5.75 Å². The first-order chi connectivity index (χ1) is 16.3. The van der Waals surface area contributed by atoms with Crippen LogP contribution in [0.25, 0.3) is 0 Å². The maximum atomic E-state index is 13.5. The molecular formula is C27H31N5O2. The summed E-state index contributed by atoms with van der Waals surface area (Å²) in [6, 6.07) is 10.2. The fraction of sp³-hybridized carbons (Fsp3) is 0.481. The lowest BCUT2D eigenvalue weighted by molar-refractivity contribution is 0.0962. The average molecular weight is 458 g/mol. The van der Waals surface area contributed by atoms with Crippen molar-refractivity contribution in [1.29, 1.82) is 10.7 Å². The van der Waals surface area contributed by atoms with Crippen molar-refractivity contribution >= 4 is 17.3 Å². The number of amidine groups is 1. The zero-order valence-corrected chi connectivity index (χ0v) is 20.1. The predicted octanol–water partition coefficient (Wildman–Crippen LogP) is 4.39. The first kappa shape index (κ1) is 22.4. The van der Waals surface area contributed by atoms with E-state index >= 15 is 0 Å². The van der Waals surface area contributed by atoms with Crippen LogP contribution in [0.2, 0.25) is 0 Å². The molecule has 0 spiro atoms. The zero-order chi connectivity index (χ0) is 24.0. The molecule has 1 aliphatic carbocycles. The third-order valence-corrected chi connectivity index (χ3v) is 6.87. The Kier molecular flexibility index (Phi) is 5.55. The van der Waals surface area contributed by atoms with Gasteiger partial charge in [0, 0.05) is 41.4 Å². The van der Waals surface area contributed by atoms with Crippen molar-refractivity contribution in [2.24, 2.45) is 0 Å². The van der Waals surface area contributed by atoms with Crippen molar-refractivity contribution in [2.45, 2.75) is 57.9 Å². The average Bonchev–Trinajstić information content (AvgIpc) is 3.61. The molecule has 34 heavy (non-hydrogen) atoms.